The van der Waals surface area contributed by atoms with Crippen LogP contribution >= 0.6 is 11.3 Å². The van der Waals surface area contributed by atoms with E-state index >= 15 is 0 Å². The van der Waals surface area contributed by atoms with Crippen molar-refractivity contribution in [2.45, 2.75) is 19.9 Å². The maximum atomic E-state index is 11.2. The van der Waals surface area contributed by atoms with Gasteiger partial charge in [-0.25, -0.2) is 13.1 Å². The van der Waals surface area contributed by atoms with Crippen molar-refractivity contribution >= 4 is 27.3 Å². The average molecular weight is 318 g/mol. The third-order valence-electron chi connectivity index (χ3n) is 2.61. The number of hydrogen-bond acceptors (Lipinski definition) is 4. The van der Waals surface area contributed by atoms with Gasteiger partial charge in [0.15, 0.2) is 5.96 Å². The summed E-state index contributed by atoms with van der Waals surface area (Å²) in [5.41, 5.74) is 1.22. The van der Waals surface area contributed by atoms with Gasteiger partial charge in [0.05, 0.1) is 5.75 Å². The highest BCUT2D eigenvalue weighted by Gasteiger charge is 2.04. The normalized spacial score (nSPS) is 12.4. The van der Waals surface area contributed by atoms with E-state index in [2.05, 4.69) is 31.8 Å². The van der Waals surface area contributed by atoms with E-state index < -0.39 is 10.0 Å². The number of nitrogens with one attached hydrogen (secondary N) is 3. The topological polar surface area (TPSA) is 82.6 Å². The number of hydrogen-bond donors (Lipinski definition) is 3. The summed E-state index contributed by atoms with van der Waals surface area (Å²) in [5, 5.41) is 10.5. The van der Waals surface area contributed by atoms with Crippen LogP contribution in [0.5, 0.6) is 0 Å². The predicted molar refractivity (Wildman–Crippen MR) is 84.6 cm³/mol. The standard InChI is InChI=1S/C12H22N4O2S2/c1-3-20(17,18)16-7-4-6-14-12(13-2)15-9-11-5-8-19-10-11/h5,8,10,16H,3-4,6-7,9H2,1-2H3,(H2,13,14,15). The molecule has 0 amide bonds. The number of sulfonamides is 1. The fourth-order valence-electron chi connectivity index (χ4n) is 1.42. The maximum Gasteiger partial charge on any atom is 0.211 e. The van der Waals surface area contributed by atoms with Crippen molar-refractivity contribution in [3.63, 3.8) is 0 Å². The molecule has 0 aliphatic rings. The molecule has 0 atom stereocenters. The predicted octanol–water partition coefficient (Wildman–Crippen LogP) is 0.743. The Balaban J connectivity index is 2.16. The van der Waals surface area contributed by atoms with Gasteiger partial charge in [0, 0.05) is 26.7 Å². The van der Waals surface area contributed by atoms with Crippen molar-refractivity contribution in [3.8, 4) is 0 Å². The highest BCUT2D eigenvalue weighted by atomic mass is 32.2. The summed E-state index contributed by atoms with van der Waals surface area (Å²) in [4.78, 5) is 4.11. The number of thiophene rings is 1. The second kappa shape index (κ2) is 8.93. The Morgan fingerprint density at radius 3 is 2.75 bits per heavy atom. The van der Waals surface area contributed by atoms with Crippen LogP contribution < -0.4 is 15.4 Å². The first-order chi connectivity index (χ1) is 9.57. The minimum absolute atomic E-state index is 0.115. The molecule has 1 aromatic rings. The van der Waals surface area contributed by atoms with Gasteiger partial charge in [-0.3, -0.25) is 4.99 Å². The quantitative estimate of drug-likeness (QED) is 0.375. The molecule has 0 spiro atoms. The molecule has 1 aromatic heterocycles. The highest BCUT2D eigenvalue weighted by Crippen LogP contribution is 2.04. The highest BCUT2D eigenvalue weighted by molar-refractivity contribution is 7.89. The van der Waals surface area contributed by atoms with Crippen LogP contribution in [0.25, 0.3) is 0 Å². The van der Waals surface area contributed by atoms with Crippen LogP contribution in [0.2, 0.25) is 0 Å². The monoisotopic (exact) mass is 318 g/mol. The Hall–Kier alpha value is -1.12. The van der Waals surface area contributed by atoms with Gasteiger partial charge >= 0.3 is 0 Å². The number of rotatable bonds is 8. The smallest absolute Gasteiger partial charge is 0.211 e. The van der Waals surface area contributed by atoms with Crippen LogP contribution in [0.3, 0.4) is 0 Å². The van der Waals surface area contributed by atoms with Gasteiger partial charge in [-0.15, -0.1) is 0 Å². The zero-order valence-corrected chi connectivity index (χ0v) is 13.5. The summed E-state index contributed by atoms with van der Waals surface area (Å²) in [6, 6.07) is 2.06. The molecule has 8 heteroatoms. The van der Waals surface area contributed by atoms with Crippen LogP contribution in [0, 0.1) is 0 Å². The zero-order valence-electron chi connectivity index (χ0n) is 11.8. The van der Waals surface area contributed by atoms with Crippen LogP contribution in [0.15, 0.2) is 21.8 Å². The molecule has 1 heterocycles. The molecule has 0 saturated heterocycles. The SMILES string of the molecule is CCS(=O)(=O)NCCCNC(=NC)NCc1ccsc1. The van der Waals surface area contributed by atoms with Crippen LogP contribution in [0.1, 0.15) is 18.9 Å². The molecule has 6 nitrogen and oxygen atoms in total. The minimum Gasteiger partial charge on any atom is -0.356 e. The lowest BCUT2D eigenvalue weighted by Crippen LogP contribution is -2.38. The Bertz CT molecular complexity index is 498. The molecule has 0 aliphatic carbocycles. The lowest BCUT2D eigenvalue weighted by Gasteiger charge is -2.11. The van der Waals surface area contributed by atoms with E-state index in [1.165, 1.54) is 5.56 Å². The Morgan fingerprint density at radius 2 is 2.15 bits per heavy atom. The van der Waals surface area contributed by atoms with Crippen molar-refractivity contribution < 1.29 is 8.42 Å². The van der Waals surface area contributed by atoms with Gasteiger partial charge in [-0.05, 0) is 35.7 Å². The Labute approximate surface area is 124 Å². The van der Waals surface area contributed by atoms with Gasteiger partial charge in [0.1, 0.15) is 0 Å². The van der Waals surface area contributed by atoms with E-state index in [4.69, 9.17) is 0 Å². The van der Waals surface area contributed by atoms with Gasteiger partial charge in [-0.1, -0.05) is 0 Å². The number of aliphatic imine (C=N–C) groups is 1. The second-order valence-corrected chi connectivity index (χ2v) is 7.01. The molecule has 3 N–H and O–H groups in total. The fourth-order valence-corrected chi connectivity index (χ4v) is 2.75. The zero-order chi connectivity index (χ0) is 14.8. The first-order valence-corrected chi connectivity index (χ1v) is 9.10. The molecule has 0 aliphatic heterocycles. The molecule has 0 bridgehead atoms. The molecular weight excluding hydrogens is 296 g/mol. The van der Waals surface area contributed by atoms with Crippen molar-refractivity contribution in [1.82, 2.24) is 15.4 Å². The molecule has 0 unspecified atom stereocenters. The summed E-state index contributed by atoms with van der Waals surface area (Å²) >= 11 is 1.66. The van der Waals surface area contributed by atoms with E-state index in [-0.39, 0.29) is 5.75 Å². The first kappa shape index (κ1) is 16.9. The van der Waals surface area contributed by atoms with E-state index in [0.29, 0.717) is 19.5 Å². The van der Waals surface area contributed by atoms with Crippen molar-refractivity contribution in [3.05, 3.63) is 22.4 Å². The lowest BCUT2D eigenvalue weighted by atomic mass is 10.3. The van der Waals surface area contributed by atoms with E-state index in [1.54, 1.807) is 25.3 Å². The summed E-state index contributed by atoms with van der Waals surface area (Å²) in [6.45, 7) is 3.45. The van der Waals surface area contributed by atoms with Gasteiger partial charge in [0.2, 0.25) is 10.0 Å². The van der Waals surface area contributed by atoms with Crippen molar-refractivity contribution in [1.29, 1.82) is 0 Å². The van der Waals surface area contributed by atoms with Gasteiger partial charge in [-0.2, -0.15) is 11.3 Å². The second-order valence-electron chi connectivity index (χ2n) is 4.14. The van der Waals surface area contributed by atoms with Gasteiger partial charge < -0.3 is 10.6 Å². The molecule has 0 saturated carbocycles. The van der Waals surface area contributed by atoms with E-state index in [1.807, 2.05) is 5.38 Å². The number of guanidine groups is 1. The Morgan fingerprint density at radius 1 is 1.35 bits per heavy atom. The molecule has 0 fully saturated rings. The first-order valence-electron chi connectivity index (χ1n) is 6.50. The molecule has 0 aromatic carbocycles. The summed E-state index contributed by atoms with van der Waals surface area (Å²) in [5.74, 6) is 0.833. The average Bonchev–Trinajstić information content (AvgIpc) is 2.95. The van der Waals surface area contributed by atoms with Crippen LogP contribution in [-0.4, -0.2) is 40.3 Å². The molecule has 1 rings (SSSR count). The fraction of sp³-hybridized carbons (Fsp3) is 0.583. The lowest BCUT2D eigenvalue weighted by molar-refractivity contribution is 0.579. The molecule has 20 heavy (non-hydrogen) atoms. The minimum atomic E-state index is -3.09. The Kier molecular flexibility index (Phi) is 7.56. The van der Waals surface area contributed by atoms with E-state index in [0.717, 1.165) is 12.5 Å². The third-order valence-corrected chi connectivity index (χ3v) is 4.75. The number of nitrogens with zero attached hydrogens (tertiary/aromatic N) is 1. The molecule has 114 valence electrons. The largest absolute Gasteiger partial charge is 0.356 e. The van der Waals surface area contributed by atoms with E-state index in [9.17, 15) is 8.42 Å². The third kappa shape index (κ3) is 6.88. The molecular formula is C12H22N4O2S2. The van der Waals surface area contributed by atoms with Crippen molar-refractivity contribution in [2.24, 2.45) is 4.99 Å². The summed E-state index contributed by atoms with van der Waals surface area (Å²) < 4.78 is 25.0. The van der Waals surface area contributed by atoms with Gasteiger partial charge in [0.25, 0.3) is 0 Å². The molecule has 0 radical (unpaired) electrons. The van der Waals surface area contributed by atoms with Crippen LogP contribution in [-0.2, 0) is 16.6 Å². The maximum absolute atomic E-state index is 11.2. The summed E-state index contributed by atoms with van der Waals surface area (Å²) in [6.07, 6.45) is 0.707. The summed E-state index contributed by atoms with van der Waals surface area (Å²) in [7, 11) is -1.38. The van der Waals surface area contributed by atoms with Crippen molar-refractivity contribution in [2.75, 3.05) is 25.9 Å². The van der Waals surface area contributed by atoms with Crippen LogP contribution in [0.4, 0.5) is 0 Å².